The molecule has 2 atom stereocenters. The van der Waals surface area contributed by atoms with E-state index in [9.17, 15) is 18.5 Å². The lowest BCUT2D eigenvalue weighted by molar-refractivity contribution is 0.130. The van der Waals surface area contributed by atoms with Crippen LogP contribution in [0.1, 0.15) is 57.6 Å². The van der Waals surface area contributed by atoms with Crippen molar-refractivity contribution in [2.24, 2.45) is 5.92 Å². The highest BCUT2D eigenvalue weighted by molar-refractivity contribution is 7.89. The molecule has 1 aliphatic carbocycles. The molecule has 196 valence electrons. The fraction of sp³-hybridized carbons (Fsp3) is 0.500. The van der Waals surface area contributed by atoms with Crippen molar-refractivity contribution >= 4 is 32.4 Å². The van der Waals surface area contributed by atoms with Gasteiger partial charge in [-0.3, -0.25) is 9.48 Å². The maximum absolute atomic E-state index is 13.3. The molecule has 1 aromatic carbocycles. The summed E-state index contributed by atoms with van der Waals surface area (Å²) in [6.07, 6.45) is 5.82. The van der Waals surface area contributed by atoms with Crippen LogP contribution >= 0.6 is 0 Å². The summed E-state index contributed by atoms with van der Waals surface area (Å²) in [5.41, 5.74) is 1.12. The van der Waals surface area contributed by atoms with Gasteiger partial charge in [0.05, 0.1) is 28.4 Å². The van der Waals surface area contributed by atoms with Crippen LogP contribution in [-0.2, 0) is 21.3 Å². The number of nitriles is 1. The lowest BCUT2D eigenvalue weighted by atomic mass is 9.85. The quantitative estimate of drug-likeness (QED) is 0.476. The van der Waals surface area contributed by atoms with Crippen molar-refractivity contribution in [1.29, 1.82) is 5.26 Å². The Hall–Kier alpha value is -3.20. The minimum atomic E-state index is -3.64. The molecule has 2 aliphatic rings. The van der Waals surface area contributed by atoms with Crippen molar-refractivity contribution in [3.05, 3.63) is 46.4 Å². The maximum Gasteiger partial charge on any atom is 0.261 e. The standard InChI is InChI=1S/C26H32N6O4S/c1-26(2,11-13-36-3)31-16-18-14-19(8-9-22(18)37(31,34)35)29-24-23-21(10-12-28-25(23)33)32(30-24)20-7-5-4-6-17(20)15-27/h8-10,12,14,17,20H,4-7,11,13,16H2,1-3H3,(H,28,33)(H,29,30)/t17-,20+/m1/s1. The Morgan fingerprint density at radius 2 is 2.05 bits per heavy atom. The van der Waals surface area contributed by atoms with E-state index in [1.807, 2.05) is 24.6 Å². The topological polar surface area (TPSA) is 133 Å². The van der Waals surface area contributed by atoms with Crippen LogP contribution in [0.2, 0.25) is 0 Å². The van der Waals surface area contributed by atoms with E-state index in [-0.39, 0.29) is 29.0 Å². The van der Waals surface area contributed by atoms with Gasteiger partial charge in [-0.1, -0.05) is 12.8 Å². The molecule has 11 heteroatoms. The van der Waals surface area contributed by atoms with Crippen molar-refractivity contribution in [3.8, 4) is 6.07 Å². The zero-order valence-corrected chi connectivity index (χ0v) is 22.1. The number of hydrogen-bond acceptors (Lipinski definition) is 7. The van der Waals surface area contributed by atoms with Gasteiger partial charge in [0.15, 0.2) is 5.82 Å². The normalized spacial score (nSPS) is 21.6. The average Bonchev–Trinajstić information content (AvgIpc) is 3.38. The highest BCUT2D eigenvalue weighted by Gasteiger charge is 2.43. The molecule has 2 N–H and O–H groups in total. The molecule has 10 nitrogen and oxygen atoms in total. The van der Waals surface area contributed by atoms with E-state index in [0.717, 1.165) is 25.7 Å². The van der Waals surface area contributed by atoms with Gasteiger partial charge in [-0.05, 0) is 62.9 Å². The number of methoxy groups -OCH3 is 1. The predicted molar refractivity (Wildman–Crippen MR) is 140 cm³/mol. The Morgan fingerprint density at radius 1 is 1.27 bits per heavy atom. The number of rotatable bonds is 7. The van der Waals surface area contributed by atoms with Gasteiger partial charge in [-0.15, -0.1) is 0 Å². The molecule has 0 unspecified atom stereocenters. The van der Waals surface area contributed by atoms with Crippen LogP contribution in [0, 0.1) is 17.2 Å². The van der Waals surface area contributed by atoms with E-state index < -0.39 is 15.6 Å². The van der Waals surface area contributed by atoms with Crippen molar-refractivity contribution in [2.45, 2.75) is 69.0 Å². The predicted octanol–water partition coefficient (Wildman–Crippen LogP) is 4.04. The molecule has 1 aliphatic heterocycles. The van der Waals surface area contributed by atoms with Crippen molar-refractivity contribution in [2.75, 3.05) is 19.0 Å². The second kappa shape index (κ2) is 9.59. The van der Waals surface area contributed by atoms with Crippen LogP contribution in [0.5, 0.6) is 0 Å². The number of ether oxygens (including phenoxy) is 1. The van der Waals surface area contributed by atoms with Gasteiger partial charge in [0.25, 0.3) is 5.56 Å². The van der Waals surface area contributed by atoms with Gasteiger partial charge in [0.2, 0.25) is 10.0 Å². The van der Waals surface area contributed by atoms with Crippen molar-refractivity contribution < 1.29 is 13.2 Å². The van der Waals surface area contributed by atoms with E-state index in [1.165, 1.54) is 4.31 Å². The van der Waals surface area contributed by atoms with Crippen LogP contribution < -0.4 is 10.9 Å². The van der Waals surface area contributed by atoms with Gasteiger partial charge in [-0.25, -0.2) is 8.42 Å². The molecule has 2 aromatic heterocycles. The zero-order chi connectivity index (χ0) is 26.4. The number of anilines is 2. The molecule has 3 aromatic rings. The summed E-state index contributed by atoms with van der Waals surface area (Å²) in [5.74, 6) is 0.221. The summed E-state index contributed by atoms with van der Waals surface area (Å²) in [6.45, 7) is 4.52. The zero-order valence-electron chi connectivity index (χ0n) is 21.3. The Bertz CT molecular complexity index is 1530. The Morgan fingerprint density at radius 3 is 2.81 bits per heavy atom. The largest absolute Gasteiger partial charge is 0.385 e. The second-order valence-electron chi connectivity index (χ2n) is 10.5. The minimum absolute atomic E-state index is 0.105. The van der Waals surface area contributed by atoms with Crippen LogP contribution in [0.3, 0.4) is 0 Å². The van der Waals surface area contributed by atoms with E-state index in [0.29, 0.717) is 41.0 Å². The number of aromatic nitrogens is 3. The number of benzene rings is 1. The molecule has 0 amide bonds. The number of aromatic amines is 1. The molecular weight excluding hydrogens is 492 g/mol. The maximum atomic E-state index is 13.3. The van der Waals surface area contributed by atoms with Gasteiger partial charge < -0.3 is 15.0 Å². The monoisotopic (exact) mass is 524 g/mol. The third kappa shape index (κ3) is 4.43. The van der Waals surface area contributed by atoms with Crippen LogP contribution in [0.4, 0.5) is 11.5 Å². The van der Waals surface area contributed by atoms with Gasteiger partial charge in [0.1, 0.15) is 5.39 Å². The fourth-order valence-electron chi connectivity index (χ4n) is 5.54. The number of hydrogen-bond donors (Lipinski definition) is 2. The number of fused-ring (bicyclic) bond motifs is 2. The summed E-state index contributed by atoms with van der Waals surface area (Å²) < 4.78 is 35.1. The van der Waals surface area contributed by atoms with E-state index >= 15 is 0 Å². The molecular formula is C26H32N6O4S. The highest BCUT2D eigenvalue weighted by Crippen LogP contribution is 2.40. The summed E-state index contributed by atoms with van der Waals surface area (Å²) in [4.78, 5) is 15.9. The number of H-pyrrole nitrogens is 1. The first-order valence-corrected chi connectivity index (χ1v) is 14.0. The molecule has 3 heterocycles. The molecule has 0 saturated heterocycles. The number of sulfonamides is 1. The summed E-state index contributed by atoms with van der Waals surface area (Å²) in [6, 6.07) is 9.24. The van der Waals surface area contributed by atoms with E-state index in [2.05, 4.69) is 16.4 Å². The Kier molecular flexibility index (Phi) is 6.60. The van der Waals surface area contributed by atoms with Gasteiger partial charge in [-0.2, -0.15) is 14.7 Å². The van der Waals surface area contributed by atoms with Gasteiger partial charge in [0, 0.05) is 37.7 Å². The first kappa shape index (κ1) is 25.4. The molecule has 0 bridgehead atoms. The molecule has 1 fully saturated rings. The first-order chi connectivity index (χ1) is 17.7. The molecule has 37 heavy (non-hydrogen) atoms. The van der Waals surface area contributed by atoms with Crippen LogP contribution in [-0.4, -0.2) is 46.7 Å². The highest BCUT2D eigenvalue weighted by atomic mass is 32.2. The third-order valence-electron chi connectivity index (χ3n) is 7.64. The lowest BCUT2D eigenvalue weighted by Crippen LogP contribution is -2.44. The molecule has 5 rings (SSSR count). The molecule has 0 radical (unpaired) electrons. The Balaban J connectivity index is 1.50. The van der Waals surface area contributed by atoms with Crippen molar-refractivity contribution in [3.63, 3.8) is 0 Å². The number of pyridine rings is 1. The fourth-order valence-corrected chi connectivity index (χ4v) is 7.52. The van der Waals surface area contributed by atoms with Gasteiger partial charge >= 0.3 is 0 Å². The second-order valence-corrected chi connectivity index (χ2v) is 12.3. The minimum Gasteiger partial charge on any atom is -0.385 e. The van der Waals surface area contributed by atoms with E-state index in [4.69, 9.17) is 9.84 Å². The first-order valence-electron chi connectivity index (χ1n) is 12.6. The third-order valence-corrected chi connectivity index (χ3v) is 9.80. The number of nitrogens with one attached hydrogen (secondary N) is 2. The Labute approximate surface area is 216 Å². The number of nitrogens with zero attached hydrogens (tertiary/aromatic N) is 4. The average molecular weight is 525 g/mol. The molecule has 0 spiro atoms. The SMILES string of the molecule is COCCC(C)(C)N1Cc2cc(Nc3nn([C@H]4CCCC[C@@H]4C#N)c4cc[nH]c(=O)c34)ccc2S1(=O)=O. The summed E-state index contributed by atoms with van der Waals surface area (Å²) in [7, 11) is -2.04. The summed E-state index contributed by atoms with van der Waals surface area (Å²) in [5, 5.41) is 18.2. The lowest BCUT2D eigenvalue weighted by Gasteiger charge is -2.33. The van der Waals surface area contributed by atoms with Crippen LogP contribution in [0.25, 0.3) is 10.9 Å². The summed E-state index contributed by atoms with van der Waals surface area (Å²) >= 11 is 0. The van der Waals surface area contributed by atoms with Crippen LogP contribution in [0.15, 0.2) is 40.2 Å². The molecule has 1 saturated carbocycles. The van der Waals surface area contributed by atoms with Crippen molar-refractivity contribution in [1.82, 2.24) is 19.1 Å². The smallest absolute Gasteiger partial charge is 0.261 e. The van der Waals surface area contributed by atoms with E-state index in [1.54, 1.807) is 31.5 Å².